The van der Waals surface area contributed by atoms with Gasteiger partial charge in [-0.1, -0.05) is 120 Å². The van der Waals surface area contributed by atoms with Crippen molar-refractivity contribution in [2.75, 3.05) is 132 Å². The van der Waals surface area contributed by atoms with Crippen molar-refractivity contribution in [1.82, 2.24) is 60.0 Å². The first kappa shape index (κ1) is 103. The third-order valence-electron chi connectivity index (χ3n) is 19.9. The Morgan fingerprint density at radius 1 is 0.299 bits per heavy atom. The van der Waals surface area contributed by atoms with Gasteiger partial charge in [0.1, 0.15) is 0 Å². The Kier molecular flexibility index (Phi) is 47.6. The zero-order valence-electron chi connectivity index (χ0n) is 75.8. The number of rotatable bonds is 70. The fraction of sp³-hybridized carbons (Fsp3) is 0.604. The van der Waals surface area contributed by atoms with Crippen LogP contribution in [0, 0.1) is 33.1 Å². The van der Waals surface area contributed by atoms with Gasteiger partial charge in [-0.15, -0.1) is 20.4 Å². The summed E-state index contributed by atoms with van der Waals surface area (Å²) in [6, 6.07) is 14.9. The van der Waals surface area contributed by atoms with Gasteiger partial charge in [-0.05, 0) is 164 Å². The maximum Gasteiger partial charge on any atom is 0.311 e. The highest BCUT2D eigenvalue weighted by Crippen LogP contribution is 2.38. The molecule has 0 bridgehead atoms. The van der Waals surface area contributed by atoms with E-state index in [9.17, 15) is 19.2 Å². The Morgan fingerprint density at radius 3 is 0.772 bits per heavy atom. The fourth-order valence-electron chi connectivity index (χ4n) is 13.4. The number of aryl methyl sites for hydroxylation is 8. The molecule has 0 fully saturated rings. The Morgan fingerprint density at radius 2 is 0.528 bits per heavy atom. The summed E-state index contributed by atoms with van der Waals surface area (Å²) in [6.07, 6.45) is 19.0. The van der Waals surface area contributed by atoms with Gasteiger partial charge in [-0.2, -0.15) is 0 Å². The molecule has 0 N–H and O–H groups in total. The highest BCUT2D eigenvalue weighted by Gasteiger charge is 2.33. The Labute approximate surface area is 753 Å². The molecule has 0 aliphatic carbocycles. The molecule has 0 amide bonds. The van der Waals surface area contributed by atoms with Crippen LogP contribution in [0.5, 0.6) is 46.0 Å². The normalized spacial score (nSPS) is 11.5. The molecule has 4 aromatic heterocycles. The lowest BCUT2D eigenvalue weighted by Gasteiger charge is -2.33. The zero-order valence-corrected chi connectivity index (χ0v) is 75.8. The predicted octanol–water partition coefficient (Wildman–Crippen LogP) is 10.8. The molecule has 684 valence electrons. The standard InChI is InChI=1S/C91H128B4N12O20/c1-9-19-83(108)124-87-67(5)47-71(55-92)51-79(87)120-35-13-23-75-59-104(100-96-75)27-39-112-31-17-33-116-63-91(65-118-45-43-114-41-29-106-61-77(98-102-106)25-15-37-122-81-53-73(57-94)49-69(7)89(81)126-85(110)21-11-3,66-119-46-44-115-42-30-107-62-78(99-103-107)26-16-38-123-82-54-74(58-95)50-70(8)90(82)127-86(111)22-12-4)64-117-34-18-32-113-40-28-105-60-76(97-101-105)24-14-36-121-80-52-72(56-93)48-68(6)88(80)125-84(109)20-10-2/h47-54,59-62H,9-46,55-58,63-66H2,1-8H3. The van der Waals surface area contributed by atoms with Gasteiger partial charge in [0.25, 0.3) is 0 Å². The Balaban J connectivity index is 0.834. The minimum Gasteiger partial charge on any atom is -0.490 e. The van der Waals surface area contributed by atoms with E-state index < -0.39 is 5.41 Å². The first-order chi connectivity index (χ1) is 61.9. The molecule has 4 aromatic carbocycles. The number of carbonyl (C=O) groups excluding carboxylic acids is 4. The molecular weight excluding hydrogens is 1620 g/mol. The van der Waals surface area contributed by atoms with Crippen molar-refractivity contribution < 1.29 is 95.0 Å². The largest absolute Gasteiger partial charge is 0.490 e. The summed E-state index contributed by atoms with van der Waals surface area (Å²) in [5.74, 6) is 2.33. The molecule has 0 aliphatic rings. The summed E-state index contributed by atoms with van der Waals surface area (Å²) in [5, 5.41) is 34.9. The number of esters is 4. The number of benzene rings is 4. The predicted molar refractivity (Wildman–Crippen MR) is 478 cm³/mol. The van der Waals surface area contributed by atoms with Crippen molar-refractivity contribution in [2.45, 2.75) is 222 Å². The van der Waals surface area contributed by atoms with E-state index in [1.807, 2.05) is 129 Å². The van der Waals surface area contributed by atoms with Crippen LogP contribution in [0.1, 0.15) is 185 Å². The van der Waals surface area contributed by atoms with Crippen LogP contribution in [-0.4, -0.2) is 247 Å². The van der Waals surface area contributed by atoms with E-state index in [0.717, 1.165) is 67.3 Å². The lowest BCUT2D eigenvalue weighted by molar-refractivity contribution is -0.135. The molecule has 0 aliphatic heterocycles. The van der Waals surface area contributed by atoms with Crippen molar-refractivity contribution in [3.05, 3.63) is 141 Å². The van der Waals surface area contributed by atoms with Gasteiger partial charge in [-0.3, -0.25) is 19.2 Å². The number of hydrogen-bond acceptors (Lipinski definition) is 28. The summed E-state index contributed by atoms with van der Waals surface area (Å²) in [5.41, 5.74) is 9.06. The molecule has 0 saturated carbocycles. The maximum absolute atomic E-state index is 12.5. The van der Waals surface area contributed by atoms with Gasteiger partial charge in [0.2, 0.25) is 0 Å². The van der Waals surface area contributed by atoms with Crippen molar-refractivity contribution in [2.24, 2.45) is 5.41 Å². The summed E-state index contributed by atoms with van der Waals surface area (Å²) < 4.78 is 105. The second-order valence-electron chi connectivity index (χ2n) is 31.2. The monoisotopic (exact) mass is 1750 g/mol. The summed E-state index contributed by atoms with van der Waals surface area (Å²) in [7, 11) is 23.9. The van der Waals surface area contributed by atoms with Gasteiger partial charge < -0.3 is 75.8 Å². The molecule has 32 nitrogen and oxygen atoms in total. The van der Waals surface area contributed by atoms with Crippen LogP contribution in [0.15, 0.2) is 73.3 Å². The van der Waals surface area contributed by atoms with E-state index in [1.165, 1.54) is 0 Å². The smallest absolute Gasteiger partial charge is 0.311 e. The van der Waals surface area contributed by atoms with Crippen LogP contribution in [0.2, 0.25) is 0 Å². The average Bonchev–Trinajstić information content (AvgIpc) is 1.66. The van der Waals surface area contributed by atoms with E-state index in [-0.39, 0.29) is 63.5 Å². The molecule has 0 saturated heterocycles. The molecule has 8 aromatic rings. The highest BCUT2D eigenvalue weighted by atomic mass is 16.6. The van der Waals surface area contributed by atoms with E-state index in [1.54, 1.807) is 18.7 Å². The van der Waals surface area contributed by atoms with E-state index in [4.69, 9.17) is 107 Å². The molecule has 0 atom stereocenters. The van der Waals surface area contributed by atoms with Crippen LogP contribution in [0.3, 0.4) is 0 Å². The first-order valence-electron chi connectivity index (χ1n) is 44.7. The molecule has 4 heterocycles. The second kappa shape index (κ2) is 58.8. The number of nitrogens with zero attached hydrogens (tertiary/aromatic N) is 12. The lowest BCUT2D eigenvalue weighted by Crippen LogP contribution is -2.42. The summed E-state index contributed by atoms with van der Waals surface area (Å²) in [6.45, 7) is 23.7. The third kappa shape index (κ3) is 38.0. The first-order valence-corrected chi connectivity index (χ1v) is 44.7. The SMILES string of the molecule is [B]Cc1cc(C)c(OC(=O)CCC)c(OCCCc2cn(CCOCCCOCC(COCCCOCCn3cc(CCCOc4cc(C[B])cc(C)c4OC(=O)CCC)nn3)(COCCOCCn3cc(CCCOc4cc(C[B])cc(C)c4OC(=O)CCC)nn3)COCCOCCn3cc(CCCOc4cc(C[B])cc(C)c4OC(=O)CCC)nn3)nn2)c1. The number of hydrogen-bond donors (Lipinski definition) is 0. The molecule has 0 unspecified atom stereocenters. The second-order valence-corrected chi connectivity index (χ2v) is 31.2. The molecule has 127 heavy (non-hydrogen) atoms. The average molecular weight is 1750 g/mol. The van der Waals surface area contributed by atoms with E-state index in [2.05, 4.69) is 41.2 Å². The summed E-state index contributed by atoms with van der Waals surface area (Å²) in [4.78, 5) is 49.8. The fourth-order valence-corrected chi connectivity index (χ4v) is 13.4. The molecule has 8 radical (unpaired) electrons. The van der Waals surface area contributed by atoms with Gasteiger partial charge >= 0.3 is 23.9 Å². The highest BCUT2D eigenvalue weighted by molar-refractivity contribution is 6.09. The minimum atomic E-state index is -0.782. The lowest BCUT2D eigenvalue weighted by atomic mass is 9.92. The van der Waals surface area contributed by atoms with Crippen LogP contribution < -0.4 is 37.9 Å². The van der Waals surface area contributed by atoms with Gasteiger partial charge in [-0.25, -0.2) is 18.7 Å². The van der Waals surface area contributed by atoms with E-state index >= 15 is 0 Å². The number of aromatic nitrogens is 12. The van der Waals surface area contributed by atoms with Crippen molar-refractivity contribution >= 4 is 55.3 Å². The van der Waals surface area contributed by atoms with Gasteiger partial charge in [0, 0.05) is 76.9 Å². The molecule has 0 spiro atoms. The van der Waals surface area contributed by atoms with E-state index in [0.29, 0.717) is 306 Å². The molecule has 36 heteroatoms. The minimum absolute atomic E-state index is 0.208. The third-order valence-corrected chi connectivity index (χ3v) is 19.9. The summed E-state index contributed by atoms with van der Waals surface area (Å²) >= 11 is 0. The van der Waals surface area contributed by atoms with Gasteiger partial charge in [0.15, 0.2) is 46.0 Å². The van der Waals surface area contributed by atoms with Crippen LogP contribution in [0.4, 0.5) is 0 Å². The Bertz CT molecular complexity index is 4270. The van der Waals surface area contributed by atoms with Crippen LogP contribution in [0.25, 0.3) is 0 Å². The zero-order chi connectivity index (χ0) is 90.6. The van der Waals surface area contributed by atoms with Crippen LogP contribution >= 0.6 is 0 Å². The molecule has 8 rings (SSSR count). The Hall–Kier alpha value is -9.54. The van der Waals surface area contributed by atoms with Crippen molar-refractivity contribution in [3.8, 4) is 46.0 Å². The molecular formula is C91H128B4N12O20. The van der Waals surface area contributed by atoms with Crippen molar-refractivity contribution in [3.63, 3.8) is 0 Å². The maximum atomic E-state index is 12.5. The van der Waals surface area contributed by atoms with Crippen LogP contribution in [-0.2, 0) is 134 Å². The quantitative estimate of drug-likeness (QED) is 0.0148. The number of ether oxygens (including phenoxy) is 16. The van der Waals surface area contributed by atoms with Gasteiger partial charge in [0.05, 0.1) is 191 Å². The van der Waals surface area contributed by atoms with Crippen molar-refractivity contribution in [1.29, 1.82) is 0 Å². The number of carbonyl (C=O) groups is 4. The topological polar surface area (TPSA) is 339 Å².